The van der Waals surface area contributed by atoms with Crippen LogP contribution in [0.2, 0.25) is 0 Å². The fourth-order valence-electron chi connectivity index (χ4n) is 2.69. The molecule has 1 aliphatic heterocycles. The molecule has 4 nitrogen and oxygen atoms in total. The van der Waals surface area contributed by atoms with E-state index in [-0.39, 0.29) is 0 Å². The molecule has 0 amide bonds. The molecule has 1 heterocycles. The summed E-state index contributed by atoms with van der Waals surface area (Å²) in [6.07, 6.45) is 2.68. The van der Waals surface area contributed by atoms with Crippen molar-refractivity contribution in [2.24, 2.45) is 0 Å². The lowest BCUT2D eigenvalue weighted by Crippen LogP contribution is -2.52. The van der Waals surface area contributed by atoms with Gasteiger partial charge in [-0.2, -0.15) is 5.26 Å². The Bertz CT molecular complexity index is 278. The molecule has 104 valence electrons. The Morgan fingerprint density at radius 2 is 2.00 bits per heavy atom. The highest BCUT2D eigenvalue weighted by molar-refractivity contribution is 5.06. The standard InChI is InChI=1S/C14H28N4/c1-13(2)16-14(3,11-15)12-17(4)9-10-18-7-5-6-8-18/h13,16H,5-10,12H2,1-4H3. The second kappa shape index (κ2) is 7.08. The average molecular weight is 252 g/mol. The van der Waals surface area contributed by atoms with Gasteiger partial charge in [-0.05, 0) is 53.8 Å². The van der Waals surface area contributed by atoms with Gasteiger partial charge in [0.25, 0.3) is 0 Å². The largest absolute Gasteiger partial charge is 0.302 e. The molecule has 0 saturated carbocycles. The number of nitrogens with one attached hydrogen (secondary N) is 1. The topological polar surface area (TPSA) is 42.3 Å². The summed E-state index contributed by atoms with van der Waals surface area (Å²) in [6, 6.07) is 2.74. The monoisotopic (exact) mass is 252 g/mol. The average Bonchev–Trinajstić information content (AvgIpc) is 2.78. The Morgan fingerprint density at radius 3 is 2.50 bits per heavy atom. The van der Waals surface area contributed by atoms with Crippen molar-refractivity contribution in [3.63, 3.8) is 0 Å². The third kappa shape index (κ3) is 5.34. The number of nitrogens with zero attached hydrogens (tertiary/aromatic N) is 3. The molecule has 1 N–H and O–H groups in total. The lowest BCUT2D eigenvalue weighted by atomic mass is 10.0. The van der Waals surface area contributed by atoms with Crippen molar-refractivity contribution in [3.05, 3.63) is 0 Å². The molecule has 1 saturated heterocycles. The Balaban J connectivity index is 2.32. The minimum absolute atomic E-state index is 0.335. The molecule has 1 unspecified atom stereocenters. The summed E-state index contributed by atoms with van der Waals surface area (Å²) < 4.78 is 0. The van der Waals surface area contributed by atoms with Crippen LogP contribution < -0.4 is 5.32 Å². The number of hydrogen-bond donors (Lipinski definition) is 1. The zero-order chi connectivity index (χ0) is 13.6. The van der Waals surface area contributed by atoms with Crippen molar-refractivity contribution in [2.45, 2.75) is 45.2 Å². The zero-order valence-corrected chi connectivity index (χ0v) is 12.4. The van der Waals surface area contributed by atoms with Crippen LogP contribution in [0, 0.1) is 11.3 Å². The molecule has 4 heteroatoms. The molecular formula is C14H28N4. The van der Waals surface area contributed by atoms with Gasteiger partial charge in [0.15, 0.2) is 0 Å². The van der Waals surface area contributed by atoms with Crippen LogP contribution >= 0.6 is 0 Å². The van der Waals surface area contributed by atoms with E-state index in [9.17, 15) is 5.26 Å². The second-order valence-electron chi connectivity index (χ2n) is 6.03. The summed E-state index contributed by atoms with van der Waals surface area (Å²) in [5.74, 6) is 0. The van der Waals surface area contributed by atoms with Crippen molar-refractivity contribution in [1.82, 2.24) is 15.1 Å². The highest BCUT2D eigenvalue weighted by Crippen LogP contribution is 2.09. The first-order valence-electron chi connectivity index (χ1n) is 7.05. The number of hydrogen-bond acceptors (Lipinski definition) is 4. The van der Waals surface area contributed by atoms with Gasteiger partial charge in [0.05, 0.1) is 6.07 Å². The fraction of sp³-hybridized carbons (Fsp3) is 0.929. The maximum absolute atomic E-state index is 9.31. The fourth-order valence-corrected chi connectivity index (χ4v) is 2.69. The van der Waals surface area contributed by atoms with E-state index in [0.717, 1.165) is 19.6 Å². The molecule has 0 aromatic rings. The zero-order valence-electron chi connectivity index (χ0n) is 12.4. The van der Waals surface area contributed by atoms with Gasteiger partial charge in [0.1, 0.15) is 5.54 Å². The van der Waals surface area contributed by atoms with Crippen molar-refractivity contribution in [2.75, 3.05) is 39.8 Å². The number of likely N-dealkylation sites (N-methyl/N-ethyl adjacent to an activating group) is 1. The van der Waals surface area contributed by atoms with Crippen molar-refractivity contribution in [3.8, 4) is 6.07 Å². The Hall–Kier alpha value is -0.630. The van der Waals surface area contributed by atoms with E-state index in [2.05, 4.69) is 42.1 Å². The molecule has 1 atom stereocenters. The van der Waals surface area contributed by atoms with Gasteiger partial charge in [0, 0.05) is 25.7 Å². The smallest absolute Gasteiger partial charge is 0.116 e. The maximum Gasteiger partial charge on any atom is 0.116 e. The van der Waals surface area contributed by atoms with E-state index in [1.54, 1.807) is 0 Å². The third-order valence-electron chi connectivity index (χ3n) is 3.44. The first-order valence-corrected chi connectivity index (χ1v) is 7.05. The summed E-state index contributed by atoms with van der Waals surface area (Å²) in [5, 5.41) is 12.7. The van der Waals surface area contributed by atoms with Crippen LogP contribution in [-0.2, 0) is 0 Å². The molecule has 1 rings (SSSR count). The van der Waals surface area contributed by atoms with Crippen molar-refractivity contribution >= 4 is 0 Å². The van der Waals surface area contributed by atoms with Crippen LogP contribution in [0.25, 0.3) is 0 Å². The molecule has 1 aliphatic rings. The lowest BCUT2D eigenvalue weighted by Gasteiger charge is -2.31. The molecule has 0 aromatic heterocycles. The van der Waals surface area contributed by atoms with Gasteiger partial charge in [-0.1, -0.05) is 0 Å². The summed E-state index contributed by atoms with van der Waals surface area (Å²) in [4.78, 5) is 4.77. The summed E-state index contributed by atoms with van der Waals surface area (Å²) in [7, 11) is 2.10. The minimum atomic E-state index is -0.450. The summed E-state index contributed by atoms with van der Waals surface area (Å²) in [6.45, 7) is 11.6. The Labute approximate surface area is 112 Å². The van der Waals surface area contributed by atoms with Gasteiger partial charge in [-0.25, -0.2) is 0 Å². The summed E-state index contributed by atoms with van der Waals surface area (Å²) >= 11 is 0. The predicted octanol–water partition coefficient (Wildman–Crippen LogP) is 1.29. The number of likely N-dealkylation sites (tertiary alicyclic amines) is 1. The van der Waals surface area contributed by atoms with Gasteiger partial charge >= 0.3 is 0 Å². The Kier molecular flexibility index (Phi) is 6.07. The van der Waals surface area contributed by atoms with E-state index < -0.39 is 5.54 Å². The lowest BCUT2D eigenvalue weighted by molar-refractivity contribution is 0.217. The van der Waals surface area contributed by atoms with Crippen molar-refractivity contribution in [1.29, 1.82) is 5.26 Å². The Morgan fingerprint density at radius 1 is 1.39 bits per heavy atom. The van der Waals surface area contributed by atoms with Crippen LogP contribution in [0.4, 0.5) is 0 Å². The van der Waals surface area contributed by atoms with Crippen LogP contribution in [0.3, 0.4) is 0 Å². The molecule has 0 spiro atoms. The molecular weight excluding hydrogens is 224 g/mol. The first kappa shape index (κ1) is 15.4. The van der Waals surface area contributed by atoms with E-state index in [0.29, 0.717) is 6.04 Å². The van der Waals surface area contributed by atoms with Gasteiger partial charge < -0.3 is 9.80 Å². The third-order valence-corrected chi connectivity index (χ3v) is 3.44. The van der Waals surface area contributed by atoms with Crippen LogP contribution in [0.15, 0.2) is 0 Å². The quantitative estimate of drug-likeness (QED) is 0.741. The highest BCUT2D eigenvalue weighted by Gasteiger charge is 2.26. The predicted molar refractivity (Wildman–Crippen MR) is 75.5 cm³/mol. The normalized spacial score (nSPS) is 20.3. The van der Waals surface area contributed by atoms with Crippen molar-refractivity contribution < 1.29 is 0 Å². The van der Waals surface area contributed by atoms with Gasteiger partial charge in [-0.3, -0.25) is 5.32 Å². The molecule has 1 fully saturated rings. The van der Waals surface area contributed by atoms with E-state index in [4.69, 9.17) is 0 Å². The molecule has 0 aromatic carbocycles. The van der Waals surface area contributed by atoms with Crippen LogP contribution in [-0.4, -0.2) is 61.2 Å². The van der Waals surface area contributed by atoms with E-state index in [1.807, 2.05) is 6.92 Å². The van der Waals surface area contributed by atoms with Gasteiger partial charge in [0.2, 0.25) is 0 Å². The van der Waals surface area contributed by atoms with Gasteiger partial charge in [-0.15, -0.1) is 0 Å². The number of nitriles is 1. The minimum Gasteiger partial charge on any atom is -0.302 e. The SMILES string of the molecule is CC(C)NC(C)(C#N)CN(C)CCN1CCCC1. The highest BCUT2D eigenvalue weighted by atomic mass is 15.2. The maximum atomic E-state index is 9.31. The molecule has 0 radical (unpaired) electrons. The summed E-state index contributed by atoms with van der Waals surface area (Å²) in [5.41, 5.74) is -0.450. The first-order chi connectivity index (χ1) is 8.45. The van der Waals surface area contributed by atoms with E-state index in [1.165, 1.54) is 25.9 Å². The van der Waals surface area contributed by atoms with Crippen LogP contribution in [0.1, 0.15) is 33.6 Å². The van der Waals surface area contributed by atoms with E-state index >= 15 is 0 Å². The molecule has 0 bridgehead atoms. The van der Waals surface area contributed by atoms with Crippen LogP contribution in [0.5, 0.6) is 0 Å². The number of rotatable bonds is 7. The second-order valence-corrected chi connectivity index (χ2v) is 6.03. The molecule has 0 aliphatic carbocycles. The molecule has 18 heavy (non-hydrogen) atoms.